The average molecular weight is 205 g/mol. The van der Waals surface area contributed by atoms with Gasteiger partial charge in [-0.3, -0.25) is 0 Å². The fraction of sp³-hybridized carbons (Fsp3) is 0.667. The zero-order valence-electron chi connectivity index (χ0n) is 9.32. The lowest BCUT2D eigenvalue weighted by Crippen LogP contribution is -2.27. The minimum Gasteiger partial charge on any atom is -0.380 e. The van der Waals surface area contributed by atoms with Crippen LogP contribution in [0.4, 0.5) is 5.69 Å². The summed E-state index contributed by atoms with van der Waals surface area (Å²) in [5, 5.41) is 3.52. The van der Waals surface area contributed by atoms with Gasteiger partial charge in [0.1, 0.15) is 6.33 Å². The lowest BCUT2D eigenvalue weighted by atomic mass is 9.84. The minimum atomic E-state index is 0.620. The summed E-state index contributed by atoms with van der Waals surface area (Å²) in [6.07, 6.45) is 11.9. The van der Waals surface area contributed by atoms with Crippen LogP contribution in [0.1, 0.15) is 39.0 Å². The lowest BCUT2D eigenvalue weighted by Gasteiger charge is -2.29. The molecule has 3 heteroatoms. The lowest BCUT2D eigenvalue weighted by molar-refractivity contribution is 0.327. The van der Waals surface area contributed by atoms with Gasteiger partial charge in [-0.1, -0.05) is 26.2 Å². The Morgan fingerprint density at radius 3 is 2.87 bits per heavy atom. The molecule has 0 amide bonds. The normalized spacial score (nSPS) is 26.2. The Bertz CT molecular complexity index is 286. The number of rotatable bonds is 3. The Morgan fingerprint density at radius 2 is 2.13 bits per heavy atom. The molecule has 1 heterocycles. The van der Waals surface area contributed by atoms with Crippen LogP contribution < -0.4 is 5.32 Å². The molecule has 1 aliphatic carbocycles. The third-order valence-electron chi connectivity index (χ3n) is 3.29. The molecule has 1 saturated carbocycles. The molecule has 0 bridgehead atoms. The fourth-order valence-electron chi connectivity index (χ4n) is 2.40. The minimum absolute atomic E-state index is 0.620. The van der Waals surface area contributed by atoms with Crippen molar-refractivity contribution in [2.75, 3.05) is 5.32 Å². The number of nitrogens with zero attached hydrogens (tertiary/aromatic N) is 2. The van der Waals surface area contributed by atoms with Crippen LogP contribution in [-0.2, 0) is 0 Å². The van der Waals surface area contributed by atoms with E-state index in [1.165, 1.54) is 32.1 Å². The van der Waals surface area contributed by atoms with E-state index in [1.807, 2.05) is 12.4 Å². The van der Waals surface area contributed by atoms with E-state index in [0.29, 0.717) is 6.04 Å². The molecule has 3 nitrogen and oxygen atoms in total. The van der Waals surface area contributed by atoms with Crippen LogP contribution in [0.3, 0.4) is 0 Å². The highest BCUT2D eigenvalue weighted by Crippen LogP contribution is 2.28. The molecule has 1 aromatic rings. The smallest absolute Gasteiger partial charge is 0.115 e. The van der Waals surface area contributed by atoms with Crippen molar-refractivity contribution in [1.29, 1.82) is 0 Å². The maximum Gasteiger partial charge on any atom is 0.115 e. The second-order valence-electron chi connectivity index (χ2n) is 4.41. The third kappa shape index (κ3) is 2.91. The molecule has 1 fully saturated rings. The van der Waals surface area contributed by atoms with E-state index in [1.54, 1.807) is 6.33 Å². The van der Waals surface area contributed by atoms with Crippen molar-refractivity contribution in [3.8, 4) is 0 Å². The van der Waals surface area contributed by atoms with Gasteiger partial charge in [0.15, 0.2) is 0 Å². The Balaban J connectivity index is 1.89. The Morgan fingerprint density at radius 1 is 1.33 bits per heavy atom. The standard InChI is InChI=1S/C12H19N3/c1-2-10-4-3-5-11(6-10)15-12-7-13-9-14-8-12/h7-11,15H,2-6H2,1H3. The van der Waals surface area contributed by atoms with Gasteiger partial charge >= 0.3 is 0 Å². The van der Waals surface area contributed by atoms with Crippen molar-refractivity contribution in [3.63, 3.8) is 0 Å². The first-order valence-electron chi connectivity index (χ1n) is 5.90. The van der Waals surface area contributed by atoms with Crippen LogP contribution in [0.15, 0.2) is 18.7 Å². The summed E-state index contributed by atoms with van der Waals surface area (Å²) in [7, 11) is 0. The SMILES string of the molecule is CCC1CCCC(Nc2cncnc2)C1. The zero-order chi connectivity index (χ0) is 10.5. The first kappa shape index (κ1) is 10.4. The maximum atomic E-state index is 4.02. The molecule has 0 radical (unpaired) electrons. The van der Waals surface area contributed by atoms with Crippen LogP contribution in [-0.4, -0.2) is 16.0 Å². The Hall–Kier alpha value is -1.12. The van der Waals surface area contributed by atoms with E-state index in [-0.39, 0.29) is 0 Å². The molecule has 2 atom stereocenters. The van der Waals surface area contributed by atoms with Gasteiger partial charge in [-0.05, 0) is 18.8 Å². The highest BCUT2D eigenvalue weighted by Gasteiger charge is 2.20. The van der Waals surface area contributed by atoms with Gasteiger partial charge in [0, 0.05) is 6.04 Å². The summed E-state index contributed by atoms with van der Waals surface area (Å²) in [4.78, 5) is 8.03. The monoisotopic (exact) mass is 205 g/mol. The topological polar surface area (TPSA) is 37.8 Å². The molecule has 2 rings (SSSR count). The molecule has 1 aromatic heterocycles. The first-order valence-corrected chi connectivity index (χ1v) is 5.90. The van der Waals surface area contributed by atoms with Gasteiger partial charge < -0.3 is 5.32 Å². The summed E-state index contributed by atoms with van der Waals surface area (Å²) in [5.74, 6) is 0.904. The second kappa shape index (κ2) is 5.10. The third-order valence-corrected chi connectivity index (χ3v) is 3.29. The van der Waals surface area contributed by atoms with Gasteiger partial charge in [-0.25, -0.2) is 9.97 Å². The van der Waals surface area contributed by atoms with Crippen molar-refractivity contribution in [3.05, 3.63) is 18.7 Å². The highest BCUT2D eigenvalue weighted by molar-refractivity contribution is 5.38. The highest BCUT2D eigenvalue weighted by atomic mass is 15.0. The largest absolute Gasteiger partial charge is 0.380 e. The van der Waals surface area contributed by atoms with E-state index in [2.05, 4.69) is 22.2 Å². The molecule has 1 aliphatic rings. The zero-order valence-corrected chi connectivity index (χ0v) is 9.32. The van der Waals surface area contributed by atoms with E-state index in [9.17, 15) is 0 Å². The van der Waals surface area contributed by atoms with Gasteiger partial charge in [-0.2, -0.15) is 0 Å². The van der Waals surface area contributed by atoms with E-state index in [4.69, 9.17) is 0 Å². The molecule has 0 saturated heterocycles. The maximum absolute atomic E-state index is 4.02. The predicted molar refractivity (Wildman–Crippen MR) is 61.7 cm³/mol. The Labute approximate surface area is 91.3 Å². The summed E-state index contributed by atoms with van der Waals surface area (Å²) < 4.78 is 0. The van der Waals surface area contributed by atoms with Crippen LogP contribution in [0.2, 0.25) is 0 Å². The molecule has 82 valence electrons. The number of nitrogens with one attached hydrogen (secondary N) is 1. The molecule has 15 heavy (non-hydrogen) atoms. The average Bonchev–Trinajstić information content (AvgIpc) is 2.31. The van der Waals surface area contributed by atoms with Gasteiger partial charge in [-0.15, -0.1) is 0 Å². The Kier molecular flexibility index (Phi) is 3.54. The summed E-state index contributed by atoms with van der Waals surface area (Å²) >= 11 is 0. The van der Waals surface area contributed by atoms with Crippen molar-refractivity contribution in [1.82, 2.24) is 9.97 Å². The van der Waals surface area contributed by atoms with E-state index >= 15 is 0 Å². The fourth-order valence-corrected chi connectivity index (χ4v) is 2.40. The quantitative estimate of drug-likeness (QED) is 0.824. The van der Waals surface area contributed by atoms with Crippen molar-refractivity contribution >= 4 is 5.69 Å². The summed E-state index contributed by atoms with van der Waals surface area (Å²) in [5.41, 5.74) is 1.05. The molecule has 0 aromatic carbocycles. The van der Waals surface area contributed by atoms with Crippen LogP contribution in [0.25, 0.3) is 0 Å². The van der Waals surface area contributed by atoms with Crippen LogP contribution >= 0.6 is 0 Å². The second-order valence-corrected chi connectivity index (χ2v) is 4.41. The van der Waals surface area contributed by atoms with E-state index in [0.717, 1.165) is 11.6 Å². The molecular formula is C12H19N3. The summed E-state index contributed by atoms with van der Waals surface area (Å²) in [6, 6.07) is 0.620. The van der Waals surface area contributed by atoms with Crippen molar-refractivity contribution < 1.29 is 0 Å². The number of aromatic nitrogens is 2. The van der Waals surface area contributed by atoms with Crippen molar-refractivity contribution in [2.24, 2.45) is 5.92 Å². The van der Waals surface area contributed by atoms with Gasteiger partial charge in [0.2, 0.25) is 0 Å². The van der Waals surface area contributed by atoms with Gasteiger partial charge in [0.05, 0.1) is 18.1 Å². The molecule has 2 unspecified atom stereocenters. The van der Waals surface area contributed by atoms with E-state index < -0.39 is 0 Å². The molecule has 0 aliphatic heterocycles. The number of hydrogen-bond donors (Lipinski definition) is 1. The van der Waals surface area contributed by atoms with Gasteiger partial charge in [0.25, 0.3) is 0 Å². The summed E-state index contributed by atoms with van der Waals surface area (Å²) in [6.45, 7) is 2.29. The number of anilines is 1. The predicted octanol–water partition coefficient (Wildman–Crippen LogP) is 2.86. The van der Waals surface area contributed by atoms with Crippen LogP contribution in [0, 0.1) is 5.92 Å². The molecule has 0 spiro atoms. The van der Waals surface area contributed by atoms with Crippen LogP contribution in [0.5, 0.6) is 0 Å². The molecular weight excluding hydrogens is 186 g/mol. The molecule has 1 N–H and O–H groups in total. The first-order chi connectivity index (χ1) is 7.38. The number of hydrogen-bond acceptors (Lipinski definition) is 3. The van der Waals surface area contributed by atoms with Crippen molar-refractivity contribution in [2.45, 2.75) is 45.1 Å².